The first-order chi connectivity index (χ1) is 30.1. The van der Waals surface area contributed by atoms with Gasteiger partial charge in [0.1, 0.15) is 12.5 Å². The smallest absolute Gasteiger partial charge is 0.357 e. The molecule has 2 aliphatic rings. The van der Waals surface area contributed by atoms with Crippen LogP contribution in [-0.4, -0.2) is 57.8 Å². The molecule has 2 fully saturated rings. The Morgan fingerprint density at radius 2 is 1.08 bits per heavy atom. The van der Waals surface area contributed by atoms with E-state index in [1.165, 1.54) is 75.4 Å². The van der Waals surface area contributed by atoms with Crippen LogP contribution in [0.1, 0.15) is 171 Å². The summed E-state index contributed by atoms with van der Waals surface area (Å²) >= 11 is 0. The van der Waals surface area contributed by atoms with Gasteiger partial charge in [-0.2, -0.15) is 0 Å². The van der Waals surface area contributed by atoms with Gasteiger partial charge < -0.3 is 18.8 Å². The third kappa shape index (κ3) is 16.8. The second-order valence-corrected chi connectivity index (χ2v) is 16.9. The number of nitrogens with zero attached hydrogens (tertiary/aromatic N) is 3. The van der Waals surface area contributed by atoms with Crippen LogP contribution in [0.25, 0.3) is 0 Å². The number of hydrogen-bond donors (Lipinski definition) is 3. The van der Waals surface area contributed by atoms with E-state index >= 15 is 0 Å². The molecule has 62 heavy (non-hydrogen) atoms. The number of carboxylic acid groups (broad SMARTS) is 1. The Hall–Kier alpha value is -5.34. The Kier molecular flexibility index (Phi) is 20.2. The predicted molar refractivity (Wildman–Crippen MR) is 232 cm³/mol. The lowest BCUT2D eigenvalue weighted by Gasteiger charge is -2.22. The van der Waals surface area contributed by atoms with Gasteiger partial charge in [-0.25, -0.2) is 25.7 Å². The largest absolute Gasteiger partial charge is 0.476 e. The van der Waals surface area contributed by atoms with Crippen molar-refractivity contribution in [3.63, 3.8) is 0 Å². The minimum Gasteiger partial charge on any atom is -0.476 e. The minimum atomic E-state index is -1.14. The number of rotatable bonds is 22. The average molecular weight is 856 g/mol. The molecule has 0 aliphatic heterocycles. The van der Waals surface area contributed by atoms with E-state index in [9.17, 15) is 19.2 Å². The fourth-order valence-corrected chi connectivity index (χ4v) is 8.34. The van der Waals surface area contributed by atoms with Crippen LogP contribution in [0.4, 0.5) is 0 Å². The number of nitrogens with one attached hydrogen (secondary N) is 2. The van der Waals surface area contributed by atoms with Crippen LogP contribution in [0.2, 0.25) is 0 Å². The van der Waals surface area contributed by atoms with E-state index in [-0.39, 0.29) is 60.4 Å². The molecule has 2 aromatic carbocycles. The molecule has 4 aromatic rings. The molecular weight excluding hydrogens is 791 g/mol. The van der Waals surface area contributed by atoms with Gasteiger partial charge in [0.05, 0.1) is 13.2 Å². The van der Waals surface area contributed by atoms with Crippen LogP contribution < -0.4 is 11.0 Å². The average Bonchev–Trinajstić information content (AvgIpc) is 3.99. The lowest BCUT2D eigenvalue weighted by molar-refractivity contribution is -0.135. The maximum Gasteiger partial charge on any atom is 0.357 e. The van der Waals surface area contributed by atoms with E-state index in [0.717, 1.165) is 67.8 Å². The van der Waals surface area contributed by atoms with Crippen LogP contribution in [0, 0.1) is 11.8 Å². The molecule has 0 unspecified atom stereocenters. The predicted octanol–water partition coefficient (Wildman–Crippen LogP) is 9.69. The molecule has 0 saturated heterocycles. The Balaban J connectivity index is 0.000000235. The number of amides is 3. The van der Waals surface area contributed by atoms with Crippen molar-refractivity contribution >= 4 is 23.7 Å². The molecule has 2 saturated carbocycles. The fraction of sp³-hybridized carbons (Fsp3) is 0.542. The molecular formula is C48H65N5O9. The van der Waals surface area contributed by atoms with Crippen LogP contribution in [0.3, 0.4) is 0 Å². The maximum atomic E-state index is 12.6. The quantitative estimate of drug-likeness (QED) is 0.0639. The van der Waals surface area contributed by atoms with E-state index in [1.54, 1.807) is 14.1 Å². The summed E-state index contributed by atoms with van der Waals surface area (Å²) in [6.45, 7) is 0.584. The van der Waals surface area contributed by atoms with E-state index in [2.05, 4.69) is 20.9 Å². The Bertz CT molecular complexity index is 1920. The highest BCUT2D eigenvalue weighted by atomic mass is 16.7. The van der Waals surface area contributed by atoms with E-state index < -0.39 is 5.97 Å². The summed E-state index contributed by atoms with van der Waals surface area (Å²) < 4.78 is 11.0. The lowest BCUT2D eigenvalue weighted by Crippen LogP contribution is -2.25. The topological polar surface area (TPSA) is 186 Å². The highest BCUT2D eigenvalue weighted by molar-refractivity contribution is 5.91. The third-order valence-electron chi connectivity index (χ3n) is 11.8. The Morgan fingerprint density at radius 3 is 1.48 bits per heavy atom. The van der Waals surface area contributed by atoms with Gasteiger partial charge in [0.25, 0.3) is 5.91 Å². The Morgan fingerprint density at radius 1 is 0.661 bits per heavy atom. The summed E-state index contributed by atoms with van der Waals surface area (Å²) in [4.78, 5) is 68.9. The van der Waals surface area contributed by atoms with Crippen molar-refractivity contribution in [2.24, 2.45) is 11.8 Å². The highest BCUT2D eigenvalue weighted by Gasteiger charge is 2.26. The second-order valence-electron chi connectivity index (χ2n) is 16.9. The van der Waals surface area contributed by atoms with Gasteiger partial charge in [-0.05, 0) is 35.8 Å². The number of hydrogen-bond acceptors (Lipinski definition) is 10. The van der Waals surface area contributed by atoms with Crippen molar-refractivity contribution in [3.8, 4) is 0 Å². The molecule has 2 atom stereocenters. The third-order valence-corrected chi connectivity index (χ3v) is 11.8. The molecule has 6 rings (SSSR count). The molecule has 14 nitrogen and oxygen atoms in total. The van der Waals surface area contributed by atoms with Gasteiger partial charge in [0.2, 0.25) is 11.8 Å². The first-order valence-corrected chi connectivity index (χ1v) is 22.4. The molecule has 2 aliphatic carbocycles. The van der Waals surface area contributed by atoms with Crippen molar-refractivity contribution in [3.05, 3.63) is 107 Å². The van der Waals surface area contributed by atoms with E-state index in [0.29, 0.717) is 18.4 Å². The molecule has 3 amide bonds. The molecule has 0 spiro atoms. The van der Waals surface area contributed by atoms with Crippen LogP contribution in [0.15, 0.2) is 82.0 Å². The summed E-state index contributed by atoms with van der Waals surface area (Å²) in [5.74, 6) is -0.0374. The first-order valence-electron chi connectivity index (χ1n) is 22.4. The van der Waals surface area contributed by atoms with E-state index in [1.807, 2.05) is 60.7 Å². The standard InChI is InChI=1S/C25H35N3O4.C23H30N2O5/c1-28(2)25(30)22-18-31-24(26-22)21(15-9-14-19-10-5-3-6-11-19)16-23(29)27-32-17-20-12-7-4-8-13-20;26-21(25-30-15-18-10-5-2-6-11-18)14-19(22-24-20(16-29-22)23(27)28)13-7-12-17-8-3-1-4-9-17/h4,7-8,12-13,18-19,21H,3,5-6,9-11,14-17H2,1-2H3,(H,27,29);2,5-6,10-11,16-17,19H,1,3-4,7-9,12-15H2,(H,25,26)(H,27,28)/t21-;19-/m11/s1. The Labute approximate surface area is 365 Å². The SMILES string of the molecule is CN(C)C(=O)c1coc([C@H](CCCC2CCCCC2)CC(=O)NOCc2ccccc2)n1.O=C(C[C@@H](CCCC1CCCCC1)c1nc(C(=O)O)co1)NOCc1ccccc1. The van der Waals surface area contributed by atoms with Crippen LogP contribution in [-0.2, 0) is 32.5 Å². The van der Waals surface area contributed by atoms with Gasteiger partial charge in [-0.3, -0.25) is 24.1 Å². The van der Waals surface area contributed by atoms with Gasteiger partial charge in [0, 0.05) is 38.8 Å². The lowest BCUT2D eigenvalue weighted by atomic mass is 9.84. The fourth-order valence-electron chi connectivity index (χ4n) is 8.34. The van der Waals surface area contributed by atoms with Crippen LogP contribution >= 0.6 is 0 Å². The van der Waals surface area contributed by atoms with Gasteiger partial charge in [0.15, 0.2) is 23.2 Å². The summed E-state index contributed by atoms with van der Waals surface area (Å²) in [6.07, 6.45) is 21.7. The molecule has 14 heteroatoms. The zero-order valence-electron chi connectivity index (χ0n) is 36.4. The minimum absolute atomic E-state index is 0.136. The van der Waals surface area contributed by atoms with Gasteiger partial charge in [-0.1, -0.05) is 151 Å². The number of oxazole rings is 2. The van der Waals surface area contributed by atoms with E-state index in [4.69, 9.17) is 23.6 Å². The normalized spacial score (nSPS) is 15.5. The van der Waals surface area contributed by atoms with Crippen LogP contribution in [0.5, 0.6) is 0 Å². The number of hydroxylamine groups is 2. The molecule has 2 heterocycles. The number of carbonyl (C=O) groups excluding carboxylic acids is 3. The monoisotopic (exact) mass is 855 g/mol. The summed E-state index contributed by atoms with van der Waals surface area (Å²) in [5.41, 5.74) is 7.08. The molecule has 0 bridgehead atoms. The van der Waals surface area contributed by atoms with Crippen molar-refractivity contribution in [2.45, 2.75) is 141 Å². The summed E-state index contributed by atoms with van der Waals surface area (Å²) in [5, 5.41) is 9.11. The number of aromatic carboxylic acids is 1. The first kappa shape index (κ1) is 47.7. The molecule has 3 N–H and O–H groups in total. The summed E-state index contributed by atoms with van der Waals surface area (Å²) in [7, 11) is 3.35. The number of carboxylic acids is 1. The zero-order valence-corrected chi connectivity index (χ0v) is 36.4. The van der Waals surface area contributed by atoms with Crippen molar-refractivity contribution < 1.29 is 42.8 Å². The van der Waals surface area contributed by atoms with Crippen molar-refractivity contribution in [1.82, 2.24) is 25.8 Å². The second kappa shape index (κ2) is 26.2. The number of carbonyl (C=O) groups is 4. The number of aromatic nitrogens is 2. The zero-order chi connectivity index (χ0) is 43.9. The molecule has 2 aromatic heterocycles. The van der Waals surface area contributed by atoms with Crippen molar-refractivity contribution in [1.29, 1.82) is 0 Å². The number of benzene rings is 2. The summed E-state index contributed by atoms with van der Waals surface area (Å²) in [6, 6.07) is 19.2. The maximum absolute atomic E-state index is 12.6. The highest BCUT2D eigenvalue weighted by Crippen LogP contribution is 2.33. The van der Waals surface area contributed by atoms with Gasteiger partial charge in [-0.15, -0.1) is 0 Å². The molecule has 336 valence electrons. The van der Waals surface area contributed by atoms with Crippen molar-refractivity contribution in [2.75, 3.05) is 14.1 Å². The van der Waals surface area contributed by atoms with Gasteiger partial charge >= 0.3 is 5.97 Å². The molecule has 0 radical (unpaired) electrons.